The standard InChI is InChI=1S/C20H20ClN3O4/c1-12-10-16(8-9-17(12)21)27-13(2)20(25)22-11-18-23-19(24-28-18)14-4-6-15(26-3)7-5-14/h4-10,13H,11H2,1-3H3,(H,22,25). The van der Waals surface area contributed by atoms with Gasteiger partial charge in [-0.25, -0.2) is 0 Å². The molecule has 0 radical (unpaired) electrons. The van der Waals surface area contributed by atoms with E-state index in [0.29, 0.717) is 22.5 Å². The molecule has 0 aliphatic carbocycles. The van der Waals surface area contributed by atoms with Crippen molar-refractivity contribution in [2.45, 2.75) is 26.5 Å². The molecular weight excluding hydrogens is 382 g/mol. The molecule has 146 valence electrons. The third kappa shape index (κ3) is 4.80. The van der Waals surface area contributed by atoms with Gasteiger partial charge in [0.05, 0.1) is 13.7 Å². The molecule has 1 unspecified atom stereocenters. The van der Waals surface area contributed by atoms with Crippen molar-refractivity contribution in [3.05, 3.63) is 58.9 Å². The van der Waals surface area contributed by atoms with Crippen LogP contribution in [-0.2, 0) is 11.3 Å². The molecular formula is C20H20ClN3O4. The molecule has 0 spiro atoms. The number of ether oxygens (including phenoxy) is 2. The number of benzene rings is 2. The van der Waals surface area contributed by atoms with E-state index in [4.69, 9.17) is 25.6 Å². The first kappa shape index (κ1) is 19.7. The number of halogens is 1. The molecule has 7 nitrogen and oxygen atoms in total. The maximum atomic E-state index is 12.3. The Kier molecular flexibility index (Phi) is 6.16. The van der Waals surface area contributed by atoms with Crippen LogP contribution in [0.2, 0.25) is 5.02 Å². The number of aryl methyl sites for hydroxylation is 1. The number of rotatable bonds is 7. The first-order chi connectivity index (χ1) is 13.5. The van der Waals surface area contributed by atoms with Crippen molar-refractivity contribution in [2.24, 2.45) is 0 Å². The summed E-state index contributed by atoms with van der Waals surface area (Å²) < 4.78 is 16.0. The molecule has 1 amide bonds. The first-order valence-corrected chi connectivity index (χ1v) is 9.01. The second-order valence-corrected chi connectivity index (χ2v) is 6.54. The number of hydrogen-bond acceptors (Lipinski definition) is 6. The highest BCUT2D eigenvalue weighted by molar-refractivity contribution is 6.31. The van der Waals surface area contributed by atoms with Gasteiger partial charge in [-0.2, -0.15) is 4.98 Å². The third-order valence-electron chi connectivity index (χ3n) is 4.04. The van der Waals surface area contributed by atoms with Crippen LogP contribution in [0.4, 0.5) is 0 Å². The lowest BCUT2D eigenvalue weighted by atomic mass is 10.2. The Morgan fingerprint density at radius 1 is 1.21 bits per heavy atom. The van der Waals surface area contributed by atoms with Crippen molar-refractivity contribution in [1.82, 2.24) is 15.5 Å². The Labute approximate surface area is 167 Å². The van der Waals surface area contributed by atoms with Crippen LogP contribution in [0.1, 0.15) is 18.4 Å². The largest absolute Gasteiger partial charge is 0.497 e. The summed E-state index contributed by atoms with van der Waals surface area (Å²) in [6.45, 7) is 3.64. The number of aromatic nitrogens is 2. The van der Waals surface area contributed by atoms with E-state index >= 15 is 0 Å². The van der Waals surface area contributed by atoms with E-state index in [0.717, 1.165) is 16.9 Å². The lowest BCUT2D eigenvalue weighted by molar-refractivity contribution is -0.127. The Morgan fingerprint density at radius 3 is 2.61 bits per heavy atom. The first-order valence-electron chi connectivity index (χ1n) is 8.64. The van der Waals surface area contributed by atoms with Gasteiger partial charge >= 0.3 is 0 Å². The van der Waals surface area contributed by atoms with E-state index in [2.05, 4.69) is 15.5 Å². The monoisotopic (exact) mass is 401 g/mol. The second kappa shape index (κ2) is 8.75. The summed E-state index contributed by atoms with van der Waals surface area (Å²) in [4.78, 5) is 16.5. The minimum atomic E-state index is -0.690. The summed E-state index contributed by atoms with van der Waals surface area (Å²) >= 11 is 5.99. The smallest absolute Gasteiger partial charge is 0.261 e. The van der Waals surface area contributed by atoms with Crippen molar-refractivity contribution in [3.8, 4) is 22.9 Å². The fourth-order valence-electron chi connectivity index (χ4n) is 2.44. The summed E-state index contributed by atoms with van der Waals surface area (Å²) in [5, 5.41) is 7.30. The average Bonchev–Trinajstić information content (AvgIpc) is 3.18. The number of carbonyl (C=O) groups excluding carboxylic acids is 1. The lowest BCUT2D eigenvalue weighted by Gasteiger charge is -2.14. The molecule has 0 bridgehead atoms. The number of amides is 1. The fourth-order valence-corrected chi connectivity index (χ4v) is 2.56. The summed E-state index contributed by atoms with van der Waals surface area (Å²) in [7, 11) is 1.60. The van der Waals surface area contributed by atoms with Gasteiger partial charge in [0.2, 0.25) is 11.7 Å². The van der Waals surface area contributed by atoms with Gasteiger partial charge in [-0.05, 0) is 61.9 Å². The molecule has 1 aromatic heterocycles. The highest BCUT2D eigenvalue weighted by Crippen LogP contribution is 2.22. The van der Waals surface area contributed by atoms with Crippen LogP contribution in [0.15, 0.2) is 47.0 Å². The van der Waals surface area contributed by atoms with E-state index in [1.165, 1.54) is 0 Å². The van der Waals surface area contributed by atoms with Crippen LogP contribution in [-0.4, -0.2) is 29.3 Å². The van der Waals surface area contributed by atoms with Crippen LogP contribution >= 0.6 is 11.6 Å². The molecule has 0 saturated carbocycles. The summed E-state index contributed by atoms with van der Waals surface area (Å²) in [5.74, 6) is 1.76. The molecule has 0 fully saturated rings. The van der Waals surface area contributed by atoms with E-state index in [1.54, 1.807) is 32.2 Å². The number of hydrogen-bond donors (Lipinski definition) is 1. The maximum Gasteiger partial charge on any atom is 0.261 e. The SMILES string of the molecule is COc1ccc(-c2noc(CNC(=O)C(C)Oc3ccc(Cl)c(C)c3)n2)cc1. The quantitative estimate of drug-likeness (QED) is 0.648. The Balaban J connectivity index is 1.55. The fraction of sp³-hybridized carbons (Fsp3) is 0.250. The Morgan fingerprint density at radius 2 is 1.93 bits per heavy atom. The zero-order chi connectivity index (χ0) is 20.1. The minimum Gasteiger partial charge on any atom is -0.497 e. The summed E-state index contributed by atoms with van der Waals surface area (Å²) in [6.07, 6.45) is -0.690. The van der Waals surface area contributed by atoms with Gasteiger partial charge in [-0.3, -0.25) is 4.79 Å². The van der Waals surface area contributed by atoms with Gasteiger partial charge in [0, 0.05) is 10.6 Å². The van der Waals surface area contributed by atoms with Crippen LogP contribution in [0.25, 0.3) is 11.4 Å². The highest BCUT2D eigenvalue weighted by atomic mass is 35.5. The lowest BCUT2D eigenvalue weighted by Crippen LogP contribution is -2.36. The molecule has 0 saturated heterocycles. The normalized spacial score (nSPS) is 11.7. The molecule has 3 rings (SSSR count). The second-order valence-electron chi connectivity index (χ2n) is 6.13. The number of carbonyl (C=O) groups is 1. The van der Waals surface area contributed by atoms with Crippen molar-refractivity contribution in [1.29, 1.82) is 0 Å². The van der Waals surface area contributed by atoms with Crippen molar-refractivity contribution >= 4 is 17.5 Å². The number of nitrogens with zero attached hydrogens (tertiary/aromatic N) is 2. The summed E-state index contributed by atoms with van der Waals surface area (Å²) in [6, 6.07) is 12.5. The Bertz CT molecular complexity index is 956. The van der Waals surface area contributed by atoms with Gasteiger partial charge in [-0.1, -0.05) is 16.8 Å². The van der Waals surface area contributed by atoms with Gasteiger partial charge in [0.15, 0.2) is 6.10 Å². The molecule has 1 N–H and O–H groups in total. The van der Waals surface area contributed by atoms with Gasteiger partial charge in [-0.15, -0.1) is 0 Å². The molecule has 1 heterocycles. The van der Waals surface area contributed by atoms with Crippen LogP contribution in [0.3, 0.4) is 0 Å². The zero-order valence-electron chi connectivity index (χ0n) is 15.7. The topological polar surface area (TPSA) is 86.5 Å². The number of nitrogens with one attached hydrogen (secondary N) is 1. The maximum absolute atomic E-state index is 12.3. The van der Waals surface area contributed by atoms with Gasteiger partial charge in [0.1, 0.15) is 11.5 Å². The molecule has 3 aromatic rings. The molecule has 28 heavy (non-hydrogen) atoms. The third-order valence-corrected chi connectivity index (χ3v) is 4.47. The van der Waals surface area contributed by atoms with E-state index in [9.17, 15) is 4.79 Å². The molecule has 8 heteroatoms. The molecule has 0 aliphatic rings. The highest BCUT2D eigenvalue weighted by Gasteiger charge is 2.16. The van der Waals surface area contributed by atoms with Gasteiger partial charge in [0.25, 0.3) is 5.91 Å². The molecule has 1 atom stereocenters. The average molecular weight is 402 g/mol. The van der Waals surface area contributed by atoms with Crippen molar-refractivity contribution < 1.29 is 18.8 Å². The summed E-state index contributed by atoms with van der Waals surface area (Å²) in [5.41, 5.74) is 1.67. The zero-order valence-corrected chi connectivity index (χ0v) is 16.5. The predicted molar refractivity (Wildman–Crippen MR) is 104 cm³/mol. The molecule has 2 aromatic carbocycles. The van der Waals surface area contributed by atoms with Gasteiger partial charge < -0.3 is 19.3 Å². The predicted octanol–water partition coefficient (Wildman–Crippen LogP) is 3.79. The van der Waals surface area contributed by atoms with E-state index in [1.807, 2.05) is 31.2 Å². The van der Waals surface area contributed by atoms with E-state index in [-0.39, 0.29) is 12.5 Å². The van der Waals surface area contributed by atoms with Crippen LogP contribution in [0.5, 0.6) is 11.5 Å². The minimum absolute atomic E-state index is 0.106. The van der Waals surface area contributed by atoms with E-state index < -0.39 is 6.10 Å². The Hall–Kier alpha value is -3.06. The van der Waals surface area contributed by atoms with Crippen LogP contribution in [0, 0.1) is 6.92 Å². The number of methoxy groups -OCH3 is 1. The van der Waals surface area contributed by atoms with Crippen LogP contribution < -0.4 is 14.8 Å². The van der Waals surface area contributed by atoms with Crippen molar-refractivity contribution in [2.75, 3.05) is 7.11 Å². The van der Waals surface area contributed by atoms with Crippen molar-refractivity contribution in [3.63, 3.8) is 0 Å². The molecule has 0 aliphatic heterocycles.